The molecule has 0 radical (unpaired) electrons. The zero-order valence-electron chi connectivity index (χ0n) is 12.7. The summed E-state index contributed by atoms with van der Waals surface area (Å²) in [5, 5.41) is 0.738. The van der Waals surface area contributed by atoms with Crippen LogP contribution in [0, 0.1) is 5.92 Å². The van der Waals surface area contributed by atoms with Gasteiger partial charge in [-0.05, 0) is 36.5 Å². The van der Waals surface area contributed by atoms with E-state index in [1.165, 1.54) is 5.56 Å². The molecule has 2 fully saturated rings. The van der Waals surface area contributed by atoms with Crippen molar-refractivity contribution in [2.24, 2.45) is 11.7 Å². The standard InChI is InChI=1S/C17H23ClN2OS/c18-14-6-4-12(5-7-14)16-11-22-9-8-20(16)17(21)10-13-2-1-3-15(13)19/h4-7,13,15-16H,1-3,8-11,19H2/t13-,15+,16?/m0/s1. The number of amides is 1. The number of halogens is 1. The second-order valence-electron chi connectivity index (χ2n) is 6.29. The third kappa shape index (κ3) is 3.61. The molecular weight excluding hydrogens is 316 g/mol. The Bertz CT molecular complexity index is 522. The van der Waals surface area contributed by atoms with Gasteiger partial charge in [0.1, 0.15) is 0 Å². The van der Waals surface area contributed by atoms with Crippen LogP contribution in [0.1, 0.15) is 37.3 Å². The summed E-state index contributed by atoms with van der Waals surface area (Å²) in [6.07, 6.45) is 3.93. The number of nitrogens with zero attached hydrogens (tertiary/aromatic N) is 1. The van der Waals surface area contributed by atoms with E-state index in [-0.39, 0.29) is 18.0 Å². The summed E-state index contributed by atoms with van der Waals surface area (Å²) < 4.78 is 0. The van der Waals surface area contributed by atoms with Crippen LogP contribution >= 0.6 is 23.4 Å². The number of carbonyl (C=O) groups excluding carboxylic acids is 1. The third-order valence-electron chi connectivity index (χ3n) is 4.86. The minimum Gasteiger partial charge on any atom is -0.334 e. The molecule has 3 nitrogen and oxygen atoms in total. The Morgan fingerprint density at radius 3 is 2.77 bits per heavy atom. The van der Waals surface area contributed by atoms with Crippen molar-refractivity contribution in [1.29, 1.82) is 0 Å². The largest absolute Gasteiger partial charge is 0.334 e. The molecule has 1 aliphatic carbocycles. The second-order valence-corrected chi connectivity index (χ2v) is 7.87. The van der Waals surface area contributed by atoms with Gasteiger partial charge in [0.05, 0.1) is 6.04 Å². The molecule has 3 rings (SSSR count). The van der Waals surface area contributed by atoms with Crippen LogP contribution in [0.25, 0.3) is 0 Å². The van der Waals surface area contributed by atoms with Gasteiger partial charge in [-0.1, -0.05) is 30.2 Å². The Balaban J connectivity index is 1.71. The minimum absolute atomic E-state index is 0.168. The average Bonchev–Trinajstić information content (AvgIpc) is 2.93. The van der Waals surface area contributed by atoms with Crippen LogP contribution in [-0.4, -0.2) is 34.9 Å². The number of hydrogen-bond donors (Lipinski definition) is 1. The van der Waals surface area contributed by atoms with Crippen molar-refractivity contribution in [1.82, 2.24) is 4.90 Å². The summed E-state index contributed by atoms with van der Waals surface area (Å²) in [5.74, 6) is 2.62. The summed E-state index contributed by atoms with van der Waals surface area (Å²) in [6, 6.07) is 8.27. The second kappa shape index (κ2) is 7.24. The minimum atomic E-state index is 0.168. The molecule has 2 aliphatic rings. The quantitative estimate of drug-likeness (QED) is 0.917. The molecular formula is C17H23ClN2OS. The highest BCUT2D eigenvalue weighted by Crippen LogP contribution is 2.33. The molecule has 3 atom stereocenters. The molecule has 1 amide bonds. The molecule has 0 spiro atoms. The predicted octanol–water partition coefficient (Wildman–Crippen LogP) is 3.47. The Labute approximate surface area is 141 Å². The molecule has 1 saturated heterocycles. The molecule has 1 heterocycles. The van der Waals surface area contributed by atoms with Crippen molar-refractivity contribution in [3.63, 3.8) is 0 Å². The molecule has 0 bridgehead atoms. The van der Waals surface area contributed by atoms with Gasteiger partial charge in [-0.3, -0.25) is 4.79 Å². The first kappa shape index (κ1) is 16.2. The SMILES string of the molecule is N[C@@H]1CCC[C@H]1CC(=O)N1CCSCC1c1ccc(Cl)cc1. The van der Waals surface area contributed by atoms with Crippen LogP contribution in [0.15, 0.2) is 24.3 Å². The van der Waals surface area contributed by atoms with Crippen molar-refractivity contribution >= 4 is 29.3 Å². The van der Waals surface area contributed by atoms with E-state index < -0.39 is 0 Å². The molecule has 1 saturated carbocycles. The van der Waals surface area contributed by atoms with Crippen LogP contribution in [0.5, 0.6) is 0 Å². The fraction of sp³-hybridized carbons (Fsp3) is 0.588. The molecule has 1 aromatic carbocycles. The zero-order chi connectivity index (χ0) is 15.5. The van der Waals surface area contributed by atoms with E-state index >= 15 is 0 Å². The summed E-state index contributed by atoms with van der Waals surface area (Å²) >= 11 is 7.89. The van der Waals surface area contributed by atoms with Crippen molar-refractivity contribution < 1.29 is 4.79 Å². The number of rotatable bonds is 3. The van der Waals surface area contributed by atoms with Gasteiger partial charge < -0.3 is 10.6 Å². The molecule has 1 aliphatic heterocycles. The third-order valence-corrected chi connectivity index (χ3v) is 6.13. The topological polar surface area (TPSA) is 46.3 Å². The van der Waals surface area contributed by atoms with Crippen molar-refractivity contribution in [3.8, 4) is 0 Å². The van der Waals surface area contributed by atoms with Gasteiger partial charge in [0.15, 0.2) is 0 Å². The maximum absolute atomic E-state index is 12.8. The van der Waals surface area contributed by atoms with Gasteiger partial charge in [-0.25, -0.2) is 0 Å². The lowest BCUT2D eigenvalue weighted by molar-refractivity contribution is -0.134. The van der Waals surface area contributed by atoms with Crippen LogP contribution < -0.4 is 5.73 Å². The first-order valence-corrected chi connectivity index (χ1v) is 9.56. The van der Waals surface area contributed by atoms with Crippen molar-refractivity contribution in [2.45, 2.75) is 37.8 Å². The van der Waals surface area contributed by atoms with Crippen LogP contribution in [0.2, 0.25) is 5.02 Å². The molecule has 2 N–H and O–H groups in total. The molecule has 22 heavy (non-hydrogen) atoms. The van der Waals surface area contributed by atoms with Gasteiger partial charge in [0.2, 0.25) is 5.91 Å². The molecule has 1 unspecified atom stereocenters. The monoisotopic (exact) mass is 338 g/mol. The number of thioether (sulfide) groups is 1. The van der Waals surface area contributed by atoms with Crippen molar-refractivity contribution in [2.75, 3.05) is 18.1 Å². The first-order valence-electron chi connectivity index (χ1n) is 8.03. The maximum Gasteiger partial charge on any atom is 0.223 e. The first-order chi connectivity index (χ1) is 10.6. The number of hydrogen-bond acceptors (Lipinski definition) is 3. The normalized spacial score (nSPS) is 28.8. The van der Waals surface area contributed by atoms with E-state index in [4.69, 9.17) is 17.3 Å². The smallest absolute Gasteiger partial charge is 0.223 e. The molecule has 0 aromatic heterocycles. The Hall–Kier alpha value is -0.710. The van der Waals surface area contributed by atoms with E-state index in [1.54, 1.807) is 0 Å². The zero-order valence-corrected chi connectivity index (χ0v) is 14.3. The maximum atomic E-state index is 12.8. The van der Waals surface area contributed by atoms with E-state index in [1.807, 2.05) is 36.0 Å². The number of benzene rings is 1. The van der Waals surface area contributed by atoms with Gasteiger partial charge >= 0.3 is 0 Å². The Kier molecular flexibility index (Phi) is 5.32. The highest BCUT2D eigenvalue weighted by Gasteiger charge is 2.32. The lowest BCUT2D eigenvalue weighted by Gasteiger charge is -2.36. The summed E-state index contributed by atoms with van der Waals surface area (Å²) in [4.78, 5) is 14.8. The van der Waals surface area contributed by atoms with E-state index in [0.717, 1.165) is 42.3 Å². The number of carbonyl (C=O) groups is 1. The van der Waals surface area contributed by atoms with Crippen LogP contribution in [0.4, 0.5) is 0 Å². The highest BCUT2D eigenvalue weighted by atomic mass is 35.5. The van der Waals surface area contributed by atoms with E-state index in [9.17, 15) is 4.79 Å². The van der Waals surface area contributed by atoms with Crippen molar-refractivity contribution in [3.05, 3.63) is 34.9 Å². The molecule has 120 valence electrons. The molecule has 1 aromatic rings. The molecule has 5 heteroatoms. The van der Waals surface area contributed by atoms with Crippen LogP contribution in [0.3, 0.4) is 0 Å². The summed E-state index contributed by atoms with van der Waals surface area (Å²) in [6.45, 7) is 0.832. The van der Waals surface area contributed by atoms with Gasteiger partial charge in [-0.2, -0.15) is 11.8 Å². The van der Waals surface area contributed by atoms with Gasteiger partial charge in [0.25, 0.3) is 0 Å². The van der Waals surface area contributed by atoms with Crippen LogP contribution in [-0.2, 0) is 4.79 Å². The number of nitrogens with two attached hydrogens (primary N) is 1. The summed E-state index contributed by atoms with van der Waals surface area (Å²) in [7, 11) is 0. The average molecular weight is 339 g/mol. The summed E-state index contributed by atoms with van der Waals surface area (Å²) in [5.41, 5.74) is 7.31. The van der Waals surface area contributed by atoms with E-state index in [0.29, 0.717) is 12.3 Å². The highest BCUT2D eigenvalue weighted by molar-refractivity contribution is 7.99. The Morgan fingerprint density at radius 1 is 1.32 bits per heavy atom. The fourth-order valence-corrected chi connectivity index (χ4v) is 4.74. The Morgan fingerprint density at radius 2 is 2.09 bits per heavy atom. The van der Waals surface area contributed by atoms with Gasteiger partial charge in [-0.15, -0.1) is 0 Å². The lowest BCUT2D eigenvalue weighted by atomic mass is 9.98. The fourth-order valence-electron chi connectivity index (χ4n) is 3.52. The lowest BCUT2D eigenvalue weighted by Crippen LogP contribution is -2.42. The van der Waals surface area contributed by atoms with Gasteiger partial charge in [0, 0.05) is 35.5 Å². The van der Waals surface area contributed by atoms with E-state index in [2.05, 4.69) is 4.90 Å². The predicted molar refractivity (Wildman–Crippen MR) is 93.2 cm³/mol.